The predicted molar refractivity (Wildman–Crippen MR) is 77.5 cm³/mol. The van der Waals surface area contributed by atoms with Crippen molar-refractivity contribution in [3.8, 4) is 5.75 Å². The molecule has 0 atom stereocenters. The van der Waals surface area contributed by atoms with E-state index in [0.29, 0.717) is 5.69 Å². The first-order valence-corrected chi connectivity index (χ1v) is 6.37. The van der Waals surface area contributed by atoms with Crippen LogP contribution in [0.2, 0.25) is 15.1 Å². The number of hydrogen-bond acceptors (Lipinski definition) is 2. The van der Waals surface area contributed by atoms with Crippen LogP contribution >= 0.6 is 34.8 Å². The lowest BCUT2D eigenvalue weighted by atomic mass is 10.1. The summed E-state index contributed by atoms with van der Waals surface area (Å²) in [6.07, 6.45) is 0. The molecule has 0 radical (unpaired) electrons. The van der Waals surface area contributed by atoms with Gasteiger partial charge >= 0.3 is 0 Å². The van der Waals surface area contributed by atoms with Crippen LogP contribution in [0.4, 0.5) is 5.69 Å². The van der Waals surface area contributed by atoms with Crippen molar-refractivity contribution in [2.24, 2.45) is 0 Å². The maximum absolute atomic E-state index is 12.0. The third kappa shape index (κ3) is 2.95. The molecule has 0 bridgehead atoms. The average Bonchev–Trinajstić information content (AvgIpc) is 2.41. The van der Waals surface area contributed by atoms with E-state index in [4.69, 9.17) is 34.8 Å². The van der Waals surface area contributed by atoms with Crippen LogP contribution in [0.25, 0.3) is 0 Å². The molecule has 2 aromatic rings. The topological polar surface area (TPSA) is 49.3 Å². The zero-order chi connectivity index (χ0) is 14.0. The van der Waals surface area contributed by atoms with E-state index in [1.165, 1.54) is 6.07 Å². The third-order valence-corrected chi connectivity index (χ3v) is 3.66. The Kier molecular flexibility index (Phi) is 4.20. The molecular formula is C13H8Cl3NO2. The van der Waals surface area contributed by atoms with Crippen LogP contribution in [-0.2, 0) is 0 Å². The zero-order valence-electron chi connectivity index (χ0n) is 9.45. The lowest BCUT2D eigenvalue weighted by molar-refractivity contribution is 0.102. The van der Waals surface area contributed by atoms with Gasteiger partial charge in [0, 0.05) is 5.69 Å². The molecule has 2 rings (SSSR count). The van der Waals surface area contributed by atoms with Gasteiger partial charge in [0.25, 0.3) is 5.91 Å². The number of hydrogen-bond donors (Lipinski definition) is 2. The number of anilines is 1. The molecular weight excluding hydrogens is 309 g/mol. The molecule has 6 heteroatoms. The average molecular weight is 317 g/mol. The van der Waals surface area contributed by atoms with Gasteiger partial charge in [0.15, 0.2) is 0 Å². The van der Waals surface area contributed by atoms with Gasteiger partial charge in [0.05, 0.1) is 15.6 Å². The SMILES string of the molecule is O=C(Nc1ccccc1)c1cc(Cl)c(Cl)c(Cl)c1O. The first kappa shape index (κ1) is 14.0. The number of phenolic OH excluding ortho intramolecular Hbond substituents is 1. The lowest BCUT2D eigenvalue weighted by Crippen LogP contribution is -2.12. The number of benzene rings is 2. The number of phenols is 1. The first-order chi connectivity index (χ1) is 9.00. The number of carbonyl (C=O) groups is 1. The summed E-state index contributed by atoms with van der Waals surface area (Å²) in [5, 5.41) is 12.4. The highest BCUT2D eigenvalue weighted by Crippen LogP contribution is 2.39. The fraction of sp³-hybridized carbons (Fsp3) is 0. The molecule has 3 nitrogen and oxygen atoms in total. The molecule has 98 valence electrons. The van der Waals surface area contributed by atoms with Crippen molar-refractivity contribution < 1.29 is 9.90 Å². The van der Waals surface area contributed by atoms with E-state index >= 15 is 0 Å². The molecule has 0 aliphatic heterocycles. The molecule has 0 aliphatic carbocycles. The van der Waals surface area contributed by atoms with Crippen molar-refractivity contribution in [2.45, 2.75) is 0 Å². The fourth-order valence-corrected chi connectivity index (χ4v) is 2.08. The van der Waals surface area contributed by atoms with Crippen molar-refractivity contribution in [1.29, 1.82) is 0 Å². The molecule has 0 heterocycles. The van der Waals surface area contributed by atoms with E-state index in [-0.39, 0.29) is 20.6 Å². The van der Waals surface area contributed by atoms with Gasteiger partial charge in [0.1, 0.15) is 10.8 Å². The fourth-order valence-electron chi connectivity index (χ4n) is 1.48. The van der Waals surface area contributed by atoms with E-state index in [2.05, 4.69) is 5.32 Å². The number of rotatable bonds is 2. The van der Waals surface area contributed by atoms with Crippen LogP contribution in [0.5, 0.6) is 5.75 Å². The van der Waals surface area contributed by atoms with Crippen LogP contribution in [0.3, 0.4) is 0 Å². The molecule has 0 saturated carbocycles. The van der Waals surface area contributed by atoms with E-state index in [0.717, 1.165) is 0 Å². The van der Waals surface area contributed by atoms with Crippen molar-refractivity contribution in [2.75, 3.05) is 5.32 Å². The summed E-state index contributed by atoms with van der Waals surface area (Å²) in [6, 6.07) is 10.1. The largest absolute Gasteiger partial charge is 0.505 e. The van der Waals surface area contributed by atoms with Crippen LogP contribution in [-0.4, -0.2) is 11.0 Å². The number of para-hydroxylation sites is 1. The normalized spacial score (nSPS) is 10.3. The number of halogens is 3. The summed E-state index contributed by atoms with van der Waals surface area (Å²) in [5.74, 6) is -0.923. The maximum atomic E-state index is 12.0. The van der Waals surface area contributed by atoms with Crippen LogP contribution in [0, 0.1) is 0 Å². The van der Waals surface area contributed by atoms with E-state index < -0.39 is 11.7 Å². The Morgan fingerprint density at radius 1 is 1.05 bits per heavy atom. The van der Waals surface area contributed by atoms with Gasteiger partial charge in [-0.3, -0.25) is 4.79 Å². The molecule has 1 amide bonds. The Labute approximate surface area is 124 Å². The van der Waals surface area contributed by atoms with E-state index in [9.17, 15) is 9.90 Å². The molecule has 19 heavy (non-hydrogen) atoms. The minimum absolute atomic E-state index is 0.0112. The van der Waals surface area contributed by atoms with Gasteiger partial charge in [-0.15, -0.1) is 0 Å². The summed E-state index contributed by atoms with van der Waals surface area (Å²) in [5.41, 5.74) is 0.553. The highest BCUT2D eigenvalue weighted by molar-refractivity contribution is 6.49. The van der Waals surface area contributed by atoms with Gasteiger partial charge in [-0.2, -0.15) is 0 Å². The Morgan fingerprint density at radius 2 is 1.68 bits per heavy atom. The van der Waals surface area contributed by atoms with Crippen molar-refractivity contribution in [1.82, 2.24) is 0 Å². The molecule has 0 saturated heterocycles. The van der Waals surface area contributed by atoms with Crippen molar-refractivity contribution in [3.63, 3.8) is 0 Å². The minimum atomic E-state index is -0.524. The van der Waals surface area contributed by atoms with Gasteiger partial charge in [-0.25, -0.2) is 0 Å². The molecule has 0 fully saturated rings. The highest BCUT2D eigenvalue weighted by atomic mass is 35.5. The molecule has 0 aliphatic rings. The van der Waals surface area contributed by atoms with Gasteiger partial charge < -0.3 is 10.4 Å². The van der Waals surface area contributed by atoms with E-state index in [1.807, 2.05) is 6.07 Å². The number of aromatic hydroxyl groups is 1. The molecule has 0 unspecified atom stereocenters. The smallest absolute Gasteiger partial charge is 0.259 e. The molecule has 0 spiro atoms. The van der Waals surface area contributed by atoms with Crippen molar-refractivity contribution in [3.05, 3.63) is 57.0 Å². The van der Waals surface area contributed by atoms with Crippen LogP contribution < -0.4 is 5.32 Å². The van der Waals surface area contributed by atoms with Gasteiger partial charge in [-0.1, -0.05) is 53.0 Å². The number of amides is 1. The second kappa shape index (κ2) is 5.70. The summed E-state index contributed by atoms with van der Waals surface area (Å²) < 4.78 is 0. The Balaban J connectivity index is 2.35. The Hall–Kier alpha value is -1.42. The third-order valence-electron chi connectivity index (χ3n) is 2.41. The van der Waals surface area contributed by atoms with Crippen LogP contribution in [0.15, 0.2) is 36.4 Å². The number of carbonyl (C=O) groups excluding carboxylic acids is 1. The van der Waals surface area contributed by atoms with Crippen LogP contribution in [0.1, 0.15) is 10.4 Å². The number of nitrogens with one attached hydrogen (secondary N) is 1. The first-order valence-electron chi connectivity index (χ1n) is 5.23. The summed E-state index contributed by atoms with van der Waals surface area (Å²) in [4.78, 5) is 12.0. The summed E-state index contributed by atoms with van der Waals surface area (Å²) in [6.45, 7) is 0. The minimum Gasteiger partial charge on any atom is -0.505 e. The molecule has 0 aromatic heterocycles. The van der Waals surface area contributed by atoms with Gasteiger partial charge in [0.2, 0.25) is 0 Å². The molecule has 2 aromatic carbocycles. The quantitative estimate of drug-likeness (QED) is 0.795. The van der Waals surface area contributed by atoms with Gasteiger partial charge in [-0.05, 0) is 18.2 Å². The highest BCUT2D eigenvalue weighted by Gasteiger charge is 2.19. The zero-order valence-corrected chi connectivity index (χ0v) is 11.7. The predicted octanol–water partition coefficient (Wildman–Crippen LogP) is 4.60. The maximum Gasteiger partial charge on any atom is 0.259 e. The lowest BCUT2D eigenvalue weighted by Gasteiger charge is -2.09. The Morgan fingerprint density at radius 3 is 2.32 bits per heavy atom. The monoisotopic (exact) mass is 315 g/mol. The summed E-state index contributed by atoms with van der Waals surface area (Å²) in [7, 11) is 0. The standard InChI is InChI=1S/C13H8Cl3NO2/c14-9-6-8(12(18)11(16)10(9)15)13(19)17-7-4-2-1-3-5-7/h1-6,18H,(H,17,19). The Bertz CT molecular complexity index is 630. The van der Waals surface area contributed by atoms with E-state index in [1.54, 1.807) is 24.3 Å². The second-order valence-corrected chi connectivity index (χ2v) is 4.87. The van der Waals surface area contributed by atoms with Crippen molar-refractivity contribution >= 4 is 46.4 Å². The summed E-state index contributed by atoms with van der Waals surface area (Å²) >= 11 is 17.4. The molecule has 2 N–H and O–H groups in total. The second-order valence-electron chi connectivity index (χ2n) is 3.70.